The van der Waals surface area contributed by atoms with E-state index in [1.807, 2.05) is 6.92 Å². The van der Waals surface area contributed by atoms with Gasteiger partial charge >= 0.3 is 5.97 Å². The lowest BCUT2D eigenvalue weighted by Crippen LogP contribution is -2.36. The smallest absolute Gasteiger partial charge is 0.307 e. The lowest BCUT2D eigenvalue weighted by atomic mass is 9.87. The first kappa shape index (κ1) is 21.7. The molecule has 0 amide bonds. The Morgan fingerprint density at radius 1 is 1.27 bits per heavy atom. The highest BCUT2D eigenvalue weighted by atomic mass is 32.2. The Morgan fingerprint density at radius 2 is 2.08 bits per heavy atom. The first-order valence-electron chi connectivity index (χ1n) is 9.96. The fourth-order valence-corrected chi connectivity index (χ4v) is 5.31. The van der Waals surface area contributed by atoms with Gasteiger partial charge in [0, 0.05) is 11.9 Å². The summed E-state index contributed by atoms with van der Waals surface area (Å²) >= 11 is 1.59. The SMILES string of the molecule is C[C@H]1CCC/C=C/[C@@H]2C[C@H](O)C[C@H]2[C@H](O)[C@H](SCCCCO)CC(=O)O1. The van der Waals surface area contributed by atoms with Crippen LogP contribution in [-0.4, -0.2) is 57.2 Å². The molecule has 6 atom stereocenters. The van der Waals surface area contributed by atoms with Gasteiger partial charge in [0.25, 0.3) is 0 Å². The average molecular weight is 387 g/mol. The second kappa shape index (κ2) is 11.3. The van der Waals surface area contributed by atoms with Gasteiger partial charge in [-0.3, -0.25) is 4.79 Å². The van der Waals surface area contributed by atoms with Crippen LogP contribution < -0.4 is 0 Å². The third-order valence-electron chi connectivity index (χ3n) is 5.41. The van der Waals surface area contributed by atoms with E-state index in [1.54, 1.807) is 11.8 Å². The number of hydrogen-bond donors (Lipinski definition) is 3. The van der Waals surface area contributed by atoms with Crippen LogP contribution in [-0.2, 0) is 9.53 Å². The maximum Gasteiger partial charge on any atom is 0.307 e. The van der Waals surface area contributed by atoms with Crippen molar-refractivity contribution in [3.63, 3.8) is 0 Å². The van der Waals surface area contributed by atoms with Gasteiger partial charge in [0.1, 0.15) is 0 Å². The molecule has 2 aliphatic rings. The second-order valence-corrected chi connectivity index (χ2v) is 8.99. The molecule has 26 heavy (non-hydrogen) atoms. The fourth-order valence-electron chi connectivity index (χ4n) is 3.98. The van der Waals surface area contributed by atoms with Crippen molar-refractivity contribution in [2.75, 3.05) is 12.4 Å². The maximum absolute atomic E-state index is 12.3. The summed E-state index contributed by atoms with van der Waals surface area (Å²) in [6.45, 7) is 2.08. The normalized spacial score (nSPS) is 37.8. The zero-order chi connectivity index (χ0) is 18.9. The summed E-state index contributed by atoms with van der Waals surface area (Å²) in [6.07, 6.45) is 8.93. The number of carbonyl (C=O) groups excluding carboxylic acids is 1. The summed E-state index contributed by atoms with van der Waals surface area (Å²) in [6, 6.07) is 0. The molecule has 0 aromatic carbocycles. The van der Waals surface area contributed by atoms with Gasteiger partial charge in [0.2, 0.25) is 0 Å². The van der Waals surface area contributed by atoms with E-state index < -0.39 is 6.10 Å². The van der Waals surface area contributed by atoms with Crippen molar-refractivity contribution >= 4 is 17.7 Å². The summed E-state index contributed by atoms with van der Waals surface area (Å²) in [5, 5.41) is 29.8. The van der Waals surface area contributed by atoms with E-state index in [-0.39, 0.29) is 48.3 Å². The Bertz CT molecular complexity index is 455. The number of rotatable bonds is 5. The summed E-state index contributed by atoms with van der Waals surface area (Å²) in [5.74, 6) is 0.678. The zero-order valence-electron chi connectivity index (χ0n) is 15.8. The second-order valence-electron chi connectivity index (χ2n) is 7.65. The van der Waals surface area contributed by atoms with Gasteiger partial charge in [-0.1, -0.05) is 12.2 Å². The van der Waals surface area contributed by atoms with E-state index in [9.17, 15) is 15.0 Å². The minimum atomic E-state index is -0.649. The topological polar surface area (TPSA) is 87.0 Å². The molecule has 0 unspecified atom stereocenters. The number of cyclic esters (lactones) is 1. The molecule has 1 aliphatic carbocycles. The fraction of sp³-hybridized carbons (Fsp3) is 0.850. The quantitative estimate of drug-likeness (QED) is 0.383. The largest absolute Gasteiger partial charge is 0.463 e. The highest BCUT2D eigenvalue weighted by Gasteiger charge is 2.40. The van der Waals surface area contributed by atoms with Crippen LogP contribution in [0.2, 0.25) is 0 Å². The van der Waals surface area contributed by atoms with Gasteiger partial charge in [-0.15, -0.1) is 0 Å². The van der Waals surface area contributed by atoms with Gasteiger partial charge in [0.05, 0.1) is 24.7 Å². The lowest BCUT2D eigenvalue weighted by molar-refractivity contribution is -0.149. The van der Waals surface area contributed by atoms with E-state index in [1.165, 1.54) is 0 Å². The molecule has 0 radical (unpaired) electrons. The lowest BCUT2D eigenvalue weighted by Gasteiger charge is -2.29. The molecule has 1 aliphatic heterocycles. The number of aliphatic hydroxyl groups is 3. The van der Waals surface area contributed by atoms with Crippen LogP contribution in [0.25, 0.3) is 0 Å². The van der Waals surface area contributed by atoms with E-state index in [4.69, 9.17) is 9.84 Å². The van der Waals surface area contributed by atoms with Gasteiger partial charge in [-0.05, 0) is 69.5 Å². The van der Waals surface area contributed by atoms with Gasteiger partial charge in [-0.2, -0.15) is 11.8 Å². The molecule has 0 spiro atoms. The van der Waals surface area contributed by atoms with E-state index in [0.717, 1.165) is 37.9 Å². The average Bonchev–Trinajstić information content (AvgIpc) is 2.96. The number of aliphatic hydroxyl groups excluding tert-OH is 3. The summed E-state index contributed by atoms with van der Waals surface area (Å²) in [7, 11) is 0. The summed E-state index contributed by atoms with van der Waals surface area (Å²) < 4.78 is 5.53. The van der Waals surface area contributed by atoms with Gasteiger partial charge in [0.15, 0.2) is 0 Å². The number of unbranched alkanes of at least 4 members (excludes halogenated alkanes) is 1. The summed E-state index contributed by atoms with van der Waals surface area (Å²) in [4.78, 5) is 12.3. The van der Waals surface area contributed by atoms with Crippen molar-refractivity contribution in [3.05, 3.63) is 12.2 Å². The monoisotopic (exact) mass is 386 g/mol. The minimum Gasteiger partial charge on any atom is -0.463 e. The molecular formula is C20H34O5S. The van der Waals surface area contributed by atoms with E-state index >= 15 is 0 Å². The third kappa shape index (κ3) is 6.87. The number of fused-ring (bicyclic) bond motifs is 1. The summed E-state index contributed by atoms with van der Waals surface area (Å²) in [5.41, 5.74) is 0. The van der Waals surface area contributed by atoms with Crippen LogP contribution in [0.4, 0.5) is 0 Å². The molecule has 0 saturated heterocycles. The third-order valence-corrected chi connectivity index (χ3v) is 6.81. The van der Waals surface area contributed by atoms with Crippen LogP contribution in [0.5, 0.6) is 0 Å². The van der Waals surface area contributed by atoms with Gasteiger partial charge in [-0.25, -0.2) is 0 Å². The van der Waals surface area contributed by atoms with Crippen LogP contribution >= 0.6 is 11.8 Å². The predicted molar refractivity (Wildman–Crippen MR) is 104 cm³/mol. The maximum atomic E-state index is 12.3. The Hall–Kier alpha value is -0.560. The Balaban J connectivity index is 2.11. The predicted octanol–water partition coefficient (Wildman–Crippen LogP) is 2.67. The van der Waals surface area contributed by atoms with Crippen LogP contribution in [0.1, 0.15) is 58.3 Å². The number of ether oxygens (including phenoxy) is 1. The minimum absolute atomic E-state index is 0.0254. The Morgan fingerprint density at radius 3 is 2.85 bits per heavy atom. The Labute approximate surface area is 161 Å². The molecule has 3 N–H and O–H groups in total. The standard InChI is InChI=1S/C20H34O5S/c1-14-7-3-2-4-8-15-11-16(22)12-17(15)20(24)18(13-19(23)25-14)26-10-6-5-9-21/h4,8,14-18,20-22,24H,2-3,5-7,9-13H2,1H3/b8-4+/t14-,15+,16-,17+,18+,20-/m0/s1. The van der Waals surface area contributed by atoms with Crippen LogP contribution in [0.3, 0.4) is 0 Å². The number of hydrogen-bond acceptors (Lipinski definition) is 6. The van der Waals surface area contributed by atoms with Crippen LogP contribution in [0.15, 0.2) is 12.2 Å². The van der Waals surface area contributed by atoms with Gasteiger partial charge < -0.3 is 20.1 Å². The van der Waals surface area contributed by atoms with E-state index in [2.05, 4.69) is 12.2 Å². The molecule has 150 valence electrons. The first-order valence-corrected chi connectivity index (χ1v) is 11.0. The molecular weight excluding hydrogens is 352 g/mol. The van der Waals surface area contributed by atoms with Crippen LogP contribution in [0, 0.1) is 11.8 Å². The molecule has 1 fully saturated rings. The van der Waals surface area contributed by atoms with Crippen molar-refractivity contribution in [2.45, 2.75) is 81.9 Å². The molecule has 1 heterocycles. The molecule has 0 aromatic heterocycles. The van der Waals surface area contributed by atoms with Crippen molar-refractivity contribution in [1.82, 2.24) is 0 Å². The highest BCUT2D eigenvalue weighted by Crippen LogP contribution is 2.39. The molecule has 0 aromatic rings. The molecule has 0 bridgehead atoms. The van der Waals surface area contributed by atoms with Crippen molar-refractivity contribution in [2.24, 2.45) is 11.8 Å². The number of thioether (sulfide) groups is 1. The molecule has 1 saturated carbocycles. The van der Waals surface area contributed by atoms with E-state index in [0.29, 0.717) is 12.8 Å². The van der Waals surface area contributed by atoms with Crippen molar-refractivity contribution in [3.8, 4) is 0 Å². The van der Waals surface area contributed by atoms with Crippen molar-refractivity contribution in [1.29, 1.82) is 0 Å². The molecule has 5 nitrogen and oxygen atoms in total. The number of esters is 1. The highest BCUT2D eigenvalue weighted by molar-refractivity contribution is 7.99. The number of carbonyl (C=O) groups is 1. The molecule has 6 heteroatoms. The molecule has 2 rings (SSSR count). The first-order chi connectivity index (χ1) is 12.5. The zero-order valence-corrected chi connectivity index (χ0v) is 16.6. The Kier molecular flexibility index (Phi) is 9.46. The van der Waals surface area contributed by atoms with Crippen molar-refractivity contribution < 1.29 is 24.9 Å². The number of allylic oxidation sites excluding steroid dienone is 2.